The summed E-state index contributed by atoms with van der Waals surface area (Å²) >= 11 is 0. The molecule has 2 aliphatic rings. The van der Waals surface area contributed by atoms with Crippen LogP contribution in [-0.2, 0) is 9.47 Å². The van der Waals surface area contributed by atoms with Gasteiger partial charge in [0.05, 0.1) is 12.1 Å². The Morgan fingerprint density at radius 2 is 1.32 bits per heavy atom. The number of hydrogen-bond acceptors (Lipinski definition) is 4. The highest BCUT2D eigenvalue weighted by Gasteiger charge is 2.25. The number of rotatable bonds is 4. The Morgan fingerprint density at radius 3 is 1.68 bits per heavy atom. The second kappa shape index (κ2) is 6.11. The molecule has 118 valence electrons. The lowest BCUT2D eigenvalue weighted by molar-refractivity contribution is 0.291. The highest BCUT2D eigenvalue weighted by molar-refractivity contribution is 6.00. The van der Waals surface area contributed by atoms with E-state index in [0.717, 1.165) is 22.9 Å². The monoisotopic (exact) mass is 300 g/mol. The largest absolute Gasteiger partial charge is 0.475 e. The van der Waals surface area contributed by atoms with Crippen molar-refractivity contribution in [3.8, 4) is 0 Å². The molecule has 1 aromatic carbocycles. The molecule has 22 heavy (non-hydrogen) atoms. The summed E-state index contributed by atoms with van der Waals surface area (Å²) in [6.07, 6.45) is 0. The topological polar surface area (TPSA) is 43.2 Å². The number of aliphatic imine (C=N–C) groups is 2. The van der Waals surface area contributed by atoms with Gasteiger partial charge in [0.1, 0.15) is 13.2 Å². The van der Waals surface area contributed by atoms with Crippen molar-refractivity contribution in [3.05, 3.63) is 35.4 Å². The van der Waals surface area contributed by atoms with Crippen LogP contribution in [0.25, 0.3) is 0 Å². The van der Waals surface area contributed by atoms with E-state index in [1.165, 1.54) is 0 Å². The summed E-state index contributed by atoms with van der Waals surface area (Å²) in [7, 11) is 0. The molecule has 0 saturated heterocycles. The Balaban J connectivity index is 1.82. The van der Waals surface area contributed by atoms with E-state index in [1.54, 1.807) is 0 Å². The molecule has 0 aromatic heterocycles. The number of ether oxygens (including phenoxy) is 2. The van der Waals surface area contributed by atoms with Gasteiger partial charge >= 0.3 is 0 Å². The maximum atomic E-state index is 5.76. The first-order valence-corrected chi connectivity index (χ1v) is 8.06. The molecular formula is C18H24N2O2. The van der Waals surface area contributed by atoms with Crippen LogP contribution in [-0.4, -0.2) is 37.1 Å². The predicted molar refractivity (Wildman–Crippen MR) is 88.7 cm³/mol. The molecule has 0 bridgehead atoms. The van der Waals surface area contributed by atoms with Crippen LogP contribution in [0.3, 0.4) is 0 Å². The van der Waals surface area contributed by atoms with Gasteiger partial charge in [0.2, 0.25) is 11.8 Å². The maximum Gasteiger partial charge on any atom is 0.216 e. The van der Waals surface area contributed by atoms with E-state index in [0.29, 0.717) is 25.0 Å². The summed E-state index contributed by atoms with van der Waals surface area (Å²) in [5.41, 5.74) is 2.00. The van der Waals surface area contributed by atoms with E-state index in [9.17, 15) is 0 Å². The Morgan fingerprint density at radius 1 is 0.864 bits per heavy atom. The summed E-state index contributed by atoms with van der Waals surface area (Å²) in [5.74, 6) is 2.46. The third kappa shape index (κ3) is 3.01. The molecule has 4 nitrogen and oxygen atoms in total. The summed E-state index contributed by atoms with van der Waals surface area (Å²) in [6.45, 7) is 10.0. The average Bonchev–Trinajstić information content (AvgIpc) is 3.17. The Bertz CT molecular complexity index is 556. The quantitative estimate of drug-likeness (QED) is 0.856. The summed E-state index contributed by atoms with van der Waals surface area (Å²) in [6, 6.07) is 8.63. The molecule has 0 aliphatic carbocycles. The first-order valence-electron chi connectivity index (χ1n) is 8.06. The van der Waals surface area contributed by atoms with Crippen molar-refractivity contribution < 1.29 is 9.47 Å². The van der Waals surface area contributed by atoms with Crippen LogP contribution in [0.4, 0.5) is 0 Å². The highest BCUT2D eigenvalue weighted by atomic mass is 16.5. The average molecular weight is 300 g/mol. The maximum absolute atomic E-state index is 5.76. The van der Waals surface area contributed by atoms with Crippen molar-refractivity contribution >= 4 is 11.8 Å². The number of benzene rings is 1. The van der Waals surface area contributed by atoms with Crippen molar-refractivity contribution in [2.75, 3.05) is 13.2 Å². The second-order valence-corrected chi connectivity index (χ2v) is 6.69. The van der Waals surface area contributed by atoms with Crippen molar-refractivity contribution in [1.82, 2.24) is 0 Å². The lowest BCUT2D eigenvalue weighted by atomic mass is 10.1. The standard InChI is InChI=1S/C18H24N2O2/c1-11(2)15-9-21-17(19-15)13-6-5-7-14(8-13)18-20-16(10-22-18)12(3)4/h5-8,11-12,15-16H,9-10H2,1-4H3/t15-,16?/m1/s1. The summed E-state index contributed by atoms with van der Waals surface area (Å²) in [5, 5.41) is 0. The first-order chi connectivity index (χ1) is 10.5. The predicted octanol–water partition coefficient (Wildman–Crippen LogP) is 3.29. The van der Waals surface area contributed by atoms with Gasteiger partial charge in [0.15, 0.2) is 0 Å². The third-order valence-corrected chi connectivity index (χ3v) is 4.24. The van der Waals surface area contributed by atoms with Crippen molar-refractivity contribution in [1.29, 1.82) is 0 Å². The van der Waals surface area contributed by atoms with Gasteiger partial charge in [-0.25, -0.2) is 9.98 Å². The lowest BCUT2D eigenvalue weighted by Gasteiger charge is -2.06. The molecule has 3 rings (SSSR count). The van der Waals surface area contributed by atoms with Gasteiger partial charge in [-0.2, -0.15) is 0 Å². The van der Waals surface area contributed by atoms with Crippen LogP contribution in [0.2, 0.25) is 0 Å². The minimum Gasteiger partial charge on any atom is -0.475 e. The molecule has 0 radical (unpaired) electrons. The van der Waals surface area contributed by atoms with Crippen LogP contribution in [0.15, 0.2) is 34.3 Å². The molecule has 0 fully saturated rings. The lowest BCUT2D eigenvalue weighted by Crippen LogP contribution is -2.13. The van der Waals surface area contributed by atoms with E-state index < -0.39 is 0 Å². The second-order valence-electron chi connectivity index (χ2n) is 6.69. The van der Waals surface area contributed by atoms with Gasteiger partial charge < -0.3 is 9.47 Å². The molecule has 0 saturated carbocycles. The molecular weight excluding hydrogens is 276 g/mol. The van der Waals surface area contributed by atoms with Crippen LogP contribution < -0.4 is 0 Å². The van der Waals surface area contributed by atoms with Gasteiger partial charge in [-0.1, -0.05) is 33.8 Å². The summed E-state index contributed by atoms with van der Waals surface area (Å²) < 4.78 is 11.5. The zero-order valence-electron chi connectivity index (χ0n) is 13.7. The van der Waals surface area contributed by atoms with Crippen LogP contribution in [0, 0.1) is 11.8 Å². The first kappa shape index (κ1) is 15.1. The molecule has 0 N–H and O–H groups in total. The van der Waals surface area contributed by atoms with E-state index in [1.807, 2.05) is 18.2 Å². The van der Waals surface area contributed by atoms with Gasteiger partial charge in [-0.3, -0.25) is 0 Å². The van der Waals surface area contributed by atoms with Gasteiger partial charge in [0.25, 0.3) is 0 Å². The van der Waals surface area contributed by atoms with Gasteiger partial charge in [0, 0.05) is 11.1 Å². The van der Waals surface area contributed by atoms with Gasteiger partial charge in [-0.05, 0) is 30.0 Å². The van der Waals surface area contributed by atoms with Crippen LogP contribution >= 0.6 is 0 Å². The molecule has 2 heterocycles. The number of nitrogens with zero attached hydrogens (tertiary/aromatic N) is 2. The third-order valence-electron chi connectivity index (χ3n) is 4.24. The van der Waals surface area contributed by atoms with Crippen LogP contribution in [0.5, 0.6) is 0 Å². The zero-order chi connectivity index (χ0) is 15.7. The SMILES string of the molecule is CC(C)C1COC(c2cccc(C3=N[C@@H](C(C)C)CO3)c2)=N1. The Kier molecular flexibility index (Phi) is 4.19. The highest BCUT2D eigenvalue weighted by Crippen LogP contribution is 2.21. The molecule has 1 aromatic rings. The molecule has 4 heteroatoms. The molecule has 0 spiro atoms. The van der Waals surface area contributed by atoms with Crippen molar-refractivity contribution in [3.63, 3.8) is 0 Å². The van der Waals surface area contributed by atoms with E-state index in [4.69, 9.17) is 9.47 Å². The summed E-state index contributed by atoms with van der Waals surface area (Å²) in [4.78, 5) is 9.36. The fourth-order valence-electron chi connectivity index (χ4n) is 2.56. The van der Waals surface area contributed by atoms with Crippen molar-refractivity contribution in [2.24, 2.45) is 21.8 Å². The van der Waals surface area contributed by atoms with E-state index in [2.05, 4.69) is 43.7 Å². The minimum atomic E-state index is 0.254. The minimum absolute atomic E-state index is 0.254. The smallest absolute Gasteiger partial charge is 0.216 e. The van der Waals surface area contributed by atoms with E-state index >= 15 is 0 Å². The molecule has 2 atom stereocenters. The molecule has 1 unspecified atom stereocenters. The fourth-order valence-corrected chi connectivity index (χ4v) is 2.56. The Labute approximate surface area is 132 Å². The zero-order valence-corrected chi connectivity index (χ0v) is 13.7. The Hall–Kier alpha value is -1.84. The normalized spacial score (nSPS) is 24.3. The molecule has 2 aliphatic heterocycles. The van der Waals surface area contributed by atoms with Crippen molar-refractivity contribution in [2.45, 2.75) is 39.8 Å². The van der Waals surface area contributed by atoms with Crippen LogP contribution in [0.1, 0.15) is 38.8 Å². The van der Waals surface area contributed by atoms with Gasteiger partial charge in [-0.15, -0.1) is 0 Å². The van der Waals surface area contributed by atoms with E-state index in [-0.39, 0.29) is 12.1 Å². The fraction of sp³-hybridized carbons (Fsp3) is 0.556. The molecule has 0 amide bonds. The number of hydrogen-bond donors (Lipinski definition) is 0.